The number of nitrogens with zero attached hydrogens (tertiary/aromatic N) is 1. The van der Waals surface area contributed by atoms with Crippen LogP contribution in [0.4, 0.5) is 0 Å². The highest BCUT2D eigenvalue weighted by Gasteiger charge is 2.18. The number of unbranched alkanes of at least 4 members (excludes halogenated alkanes) is 4. The van der Waals surface area contributed by atoms with Crippen molar-refractivity contribution in [3.8, 4) is 0 Å². The molecule has 0 spiro atoms. The molecule has 0 aliphatic heterocycles. The van der Waals surface area contributed by atoms with E-state index < -0.39 is 0 Å². The van der Waals surface area contributed by atoms with E-state index >= 15 is 0 Å². The molecule has 0 fully saturated rings. The molecule has 0 aliphatic carbocycles. The summed E-state index contributed by atoms with van der Waals surface area (Å²) in [4.78, 5) is 0. The largest absolute Gasteiger partial charge is 1.00 e. The van der Waals surface area contributed by atoms with Crippen molar-refractivity contribution in [2.24, 2.45) is 0 Å². The van der Waals surface area contributed by atoms with Crippen LogP contribution in [-0.4, -0.2) is 30.1 Å². The molecular weight excluding hydrogens is 273 g/mol. The van der Waals surface area contributed by atoms with Crippen molar-refractivity contribution in [1.82, 2.24) is 0 Å². The van der Waals surface area contributed by atoms with Gasteiger partial charge < -0.3 is 16.9 Å². The normalized spacial score (nSPS) is 11.2. The molecule has 0 N–H and O–H groups in total. The van der Waals surface area contributed by atoms with E-state index in [2.05, 4.69) is 36.8 Å². The molecule has 0 unspecified atom stereocenters. The second-order valence-electron chi connectivity index (χ2n) is 4.60. The van der Waals surface area contributed by atoms with Gasteiger partial charge in [-0.25, -0.2) is 0 Å². The lowest BCUT2D eigenvalue weighted by Gasteiger charge is -2.32. The van der Waals surface area contributed by atoms with Gasteiger partial charge in [0.25, 0.3) is 0 Å². The minimum Gasteiger partial charge on any atom is -1.00 e. The summed E-state index contributed by atoms with van der Waals surface area (Å²) in [5.41, 5.74) is 1.11. The average Bonchev–Trinajstić information content (AvgIpc) is 2.19. The van der Waals surface area contributed by atoms with Crippen molar-refractivity contribution in [1.29, 1.82) is 0 Å². The SMILES string of the molecule is CCCCC[N+](C)(CBr)CCCCC.[Cl-]. The second-order valence-corrected chi connectivity index (χ2v) is 5.10. The second kappa shape index (κ2) is 11.2. The zero-order chi connectivity index (χ0) is 10.9. The molecule has 0 saturated heterocycles. The Morgan fingerprint density at radius 3 is 1.53 bits per heavy atom. The van der Waals surface area contributed by atoms with Crippen molar-refractivity contribution < 1.29 is 16.9 Å². The van der Waals surface area contributed by atoms with Gasteiger partial charge in [-0.1, -0.05) is 26.7 Å². The predicted octanol–water partition coefficient (Wildman–Crippen LogP) is 1.17. The van der Waals surface area contributed by atoms with E-state index in [-0.39, 0.29) is 12.4 Å². The van der Waals surface area contributed by atoms with E-state index in [0.29, 0.717) is 0 Å². The van der Waals surface area contributed by atoms with Gasteiger partial charge in [0.05, 0.1) is 20.1 Å². The molecule has 0 radical (unpaired) electrons. The van der Waals surface area contributed by atoms with Gasteiger partial charge >= 0.3 is 0 Å². The summed E-state index contributed by atoms with van der Waals surface area (Å²) in [5, 5.41) is 0. The monoisotopic (exact) mass is 299 g/mol. The van der Waals surface area contributed by atoms with Crippen molar-refractivity contribution in [3.05, 3.63) is 0 Å². The van der Waals surface area contributed by atoms with Crippen LogP contribution in [0.25, 0.3) is 0 Å². The van der Waals surface area contributed by atoms with Gasteiger partial charge in [-0.2, -0.15) is 0 Å². The van der Waals surface area contributed by atoms with Crippen LogP contribution in [0.3, 0.4) is 0 Å². The van der Waals surface area contributed by atoms with Crippen LogP contribution in [0, 0.1) is 0 Å². The van der Waals surface area contributed by atoms with Crippen molar-refractivity contribution in [3.63, 3.8) is 0 Å². The maximum atomic E-state index is 3.65. The van der Waals surface area contributed by atoms with E-state index in [4.69, 9.17) is 0 Å². The van der Waals surface area contributed by atoms with Crippen LogP contribution in [0.2, 0.25) is 0 Å². The van der Waals surface area contributed by atoms with Crippen molar-refractivity contribution in [2.45, 2.75) is 52.4 Å². The summed E-state index contributed by atoms with van der Waals surface area (Å²) >= 11 is 3.65. The lowest BCUT2D eigenvalue weighted by atomic mass is 10.2. The van der Waals surface area contributed by atoms with Crippen molar-refractivity contribution >= 4 is 15.9 Å². The van der Waals surface area contributed by atoms with Crippen LogP contribution in [-0.2, 0) is 0 Å². The maximum absolute atomic E-state index is 3.65. The molecule has 0 atom stereocenters. The summed E-state index contributed by atoms with van der Waals surface area (Å²) in [6, 6.07) is 0. The minimum atomic E-state index is 0. The topological polar surface area (TPSA) is 0 Å². The Bertz CT molecular complexity index is 121. The molecule has 15 heavy (non-hydrogen) atoms. The Labute approximate surface area is 111 Å². The van der Waals surface area contributed by atoms with Gasteiger partial charge in [-0.15, -0.1) is 0 Å². The Kier molecular flexibility index (Phi) is 13.5. The molecule has 0 heterocycles. The smallest absolute Gasteiger partial charge is 0.134 e. The maximum Gasteiger partial charge on any atom is 0.134 e. The third-order valence-electron chi connectivity index (χ3n) is 2.89. The van der Waals surface area contributed by atoms with Crippen LogP contribution in [0.1, 0.15) is 52.4 Å². The number of hydrogen-bond acceptors (Lipinski definition) is 0. The number of alkyl halides is 1. The van der Waals surface area contributed by atoms with Crippen LogP contribution >= 0.6 is 15.9 Å². The van der Waals surface area contributed by atoms with Gasteiger partial charge in [0.1, 0.15) is 5.45 Å². The summed E-state index contributed by atoms with van der Waals surface area (Å²) in [6.45, 7) is 7.22. The van der Waals surface area contributed by atoms with E-state index in [1.54, 1.807) is 0 Å². The summed E-state index contributed by atoms with van der Waals surface area (Å²) in [5.74, 6) is 0. The highest BCUT2D eigenvalue weighted by atomic mass is 79.9. The van der Waals surface area contributed by atoms with E-state index in [1.807, 2.05) is 0 Å². The molecular formula is C12H27BrClN. The van der Waals surface area contributed by atoms with Gasteiger partial charge in [-0.3, -0.25) is 0 Å². The molecule has 0 aromatic rings. The Morgan fingerprint density at radius 1 is 0.867 bits per heavy atom. The Hall–Kier alpha value is 0.730. The molecule has 3 heteroatoms. The van der Waals surface area contributed by atoms with Crippen molar-refractivity contribution in [2.75, 3.05) is 25.6 Å². The first-order valence-electron chi connectivity index (χ1n) is 6.08. The Balaban J connectivity index is 0. The molecule has 94 valence electrons. The first-order valence-corrected chi connectivity index (χ1v) is 7.20. The zero-order valence-corrected chi connectivity index (χ0v) is 12.9. The number of halogens is 2. The summed E-state index contributed by atoms with van der Waals surface area (Å²) in [6.07, 6.45) is 8.19. The molecule has 0 rings (SSSR count). The fraction of sp³-hybridized carbons (Fsp3) is 1.00. The predicted molar refractivity (Wildman–Crippen MR) is 68.8 cm³/mol. The quantitative estimate of drug-likeness (QED) is 0.260. The fourth-order valence-electron chi connectivity index (χ4n) is 1.72. The molecule has 0 aromatic carbocycles. The molecule has 0 bridgehead atoms. The molecule has 1 nitrogen and oxygen atoms in total. The molecule has 0 saturated carbocycles. The summed E-state index contributed by atoms with van der Waals surface area (Å²) < 4.78 is 1.21. The highest BCUT2D eigenvalue weighted by molar-refractivity contribution is 9.09. The van der Waals surface area contributed by atoms with E-state index in [9.17, 15) is 0 Å². The molecule has 0 aromatic heterocycles. The van der Waals surface area contributed by atoms with Crippen LogP contribution < -0.4 is 12.4 Å². The number of quaternary nitrogens is 1. The lowest BCUT2D eigenvalue weighted by Crippen LogP contribution is -3.00. The fourth-order valence-corrected chi connectivity index (χ4v) is 2.22. The third kappa shape index (κ3) is 9.65. The van der Waals surface area contributed by atoms with Crippen LogP contribution in [0.15, 0.2) is 0 Å². The minimum absolute atomic E-state index is 0. The van der Waals surface area contributed by atoms with Crippen LogP contribution in [0.5, 0.6) is 0 Å². The average molecular weight is 301 g/mol. The lowest BCUT2D eigenvalue weighted by molar-refractivity contribution is -0.896. The first kappa shape index (κ1) is 18.1. The standard InChI is InChI=1S/C12H27BrN.ClH/c1-4-6-8-10-14(3,12-13)11-9-7-5-2;/h4-12H2,1-3H3;1H/q+1;/p-1. The molecule has 0 aliphatic rings. The summed E-state index contributed by atoms with van der Waals surface area (Å²) in [7, 11) is 2.38. The number of hydrogen-bond donors (Lipinski definition) is 0. The number of rotatable bonds is 9. The molecule has 0 amide bonds. The van der Waals surface area contributed by atoms with Gasteiger partial charge in [0.2, 0.25) is 0 Å². The third-order valence-corrected chi connectivity index (χ3v) is 4.10. The van der Waals surface area contributed by atoms with Gasteiger partial charge in [-0.05, 0) is 41.6 Å². The highest BCUT2D eigenvalue weighted by Crippen LogP contribution is 2.12. The van der Waals surface area contributed by atoms with E-state index in [1.165, 1.54) is 56.1 Å². The zero-order valence-electron chi connectivity index (χ0n) is 10.6. The van der Waals surface area contributed by atoms with E-state index in [0.717, 1.165) is 5.45 Å². The van der Waals surface area contributed by atoms with Gasteiger partial charge in [0, 0.05) is 0 Å². The van der Waals surface area contributed by atoms with Gasteiger partial charge in [0.15, 0.2) is 0 Å². The first-order chi connectivity index (χ1) is 6.68. The Morgan fingerprint density at radius 2 is 1.27 bits per heavy atom.